The van der Waals surface area contributed by atoms with Crippen LogP contribution < -0.4 is 5.32 Å². The molecule has 1 fully saturated rings. The molecule has 128 valence electrons. The average molecular weight is 325 g/mol. The topological polar surface area (TPSA) is 35.6 Å². The summed E-state index contributed by atoms with van der Waals surface area (Å²) in [6.45, 7) is 4.62. The van der Waals surface area contributed by atoms with Crippen LogP contribution in [0.4, 0.5) is 13.6 Å². The van der Waals surface area contributed by atoms with Crippen molar-refractivity contribution in [3.63, 3.8) is 0 Å². The van der Waals surface area contributed by atoms with Crippen LogP contribution in [0.15, 0.2) is 18.2 Å². The standard InChI is InChI=1S/C17H25F2N3O/c1-12(15-5-4-14(18)8-16(15)19)9-20-17(23)22-7-6-13(11-22)10-21(2)3/h4-5,8,12-13H,6-7,9-11H2,1-3H3,(H,20,23)/t12-,13+/m1/s1. The molecular weight excluding hydrogens is 300 g/mol. The largest absolute Gasteiger partial charge is 0.337 e. The fourth-order valence-corrected chi connectivity index (χ4v) is 3.05. The molecular formula is C17H25F2N3O. The van der Waals surface area contributed by atoms with Crippen LogP contribution in [0.25, 0.3) is 0 Å². The van der Waals surface area contributed by atoms with Crippen LogP contribution in [0.1, 0.15) is 24.8 Å². The number of rotatable bonds is 5. The molecule has 2 amide bonds. The SMILES string of the molecule is C[C@H](CNC(=O)N1CC[C@@H](CN(C)C)C1)c1ccc(F)cc1F. The third-order valence-corrected chi connectivity index (χ3v) is 4.25. The molecule has 1 aliphatic heterocycles. The van der Waals surface area contributed by atoms with Crippen molar-refractivity contribution >= 4 is 6.03 Å². The van der Waals surface area contributed by atoms with E-state index in [9.17, 15) is 13.6 Å². The van der Waals surface area contributed by atoms with Gasteiger partial charge in [-0.3, -0.25) is 0 Å². The van der Waals surface area contributed by atoms with E-state index < -0.39 is 11.6 Å². The summed E-state index contributed by atoms with van der Waals surface area (Å²) in [5.74, 6) is -0.868. The third-order valence-electron chi connectivity index (χ3n) is 4.25. The van der Waals surface area contributed by atoms with Gasteiger partial charge in [0.15, 0.2) is 0 Å². The third kappa shape index (κ3) is 4.89. The van der Waals surface area contributed by atoms with E-state index in [4.69, 9.17) is 0 Å². The zero-order valence-electron chi connectivity index (χ0n) is 14.0. The van der Waals surface area contributed by atoms with Crippen molar-refractivity contribution in [1.29, 1.82) is 0 Å². The molecule has 0 aliphatic carbocycles. The number of hydrogen-bond acceptors (Lipinski definition) is 2. The minimum atomic E-state index is -0.591. The number of carbonyl (C=O) groups excluding carboxylic acids is 1. The number of nitrogens with one attached hydrogen (secondary N) is 1. The summed E-state index contributed by atoms with van der Waals surface area (Å²) in [4.78, 5) is 16.1. The van der Waals surface area contributed by atoms with E-state index >= 15 is 0 Å². The molecule has 1 aromatic rings. The van der Waals surface area contributed by atoms with Gasteiger partial charge in [0.05, 0.1) is 0 Å². The number of likely N-dealkylation sites (tertiary alicyclic amines) is 1. The molecule has 2 rings (SSSR count). The summed E-state index contributed by atoms with van der Waals surface area (Å²) < 4.78 is 26.7. The lowest BCUT2D eigenvalue weighted by atomic mass is 10.0. The molecule has 0 radical (unpaired) electrons. The van der Waals surface area contributed by atoms with Crippen molar-refractivity contribution in [3.8, 4) is 0 Å². The van der Waals surface area contributed by atoms with Crippen LogP contribution >= 0.6 is 0 Å². The summed E-state index contributed by atoms with van der Waals surface area (Å²) >= 11 is 0. The van der Waals surface area contributed by atoms with Gasteiger partial charge in [0.2, 0.25) is 0 Å². The number of halogens is 2. The molecule has 6 heteroatoms. The van der Waals surface area contributed by atoms with Crippen molar-refractivity contribution in [1.82, 2.24) is 15.1 Å². The number of urea groups is 1. The van der Waals surface area contributed by atoms with Gasteiger partial charge in [-0.1, -0.05) is 13.0 Å². The summed E-state index contributed by atoms with van der Waals surface area (Å²) in [7, 11) is 4.06. The normalized spacial score (nSPS) is 19.2. The molecule has 0 spiro atoms. The highest BCUT2D eigenvalue weighted by Gasteiger charge is 2.26. The van der Waals surface area contributed by atoms with Crippen LogP contribution in [0.2, 0.25) is 0 Å². The van der Waals surface area contributed by atoms with Gasteiger partial charge in [-0.05, 0) is 38.1 Å². The fourth-order valence-electron chi connectivity index (χ4n) is 3.05. The molecule has 1 saturated heterocycles. The maximum atomic E-state index is 13.7. The van der Waals surface area contributed by atoms with Crippen molar-refractivity contribution < 1.29 is 13.6 Å². The second-order valence-corrected chi connectivity index (χ2v) is 6.62. The van der Waals surface area contributed by atoms with E-state index in [1.807, 2.05) is 25.9 Å². The van der Waals surface area contributed by atoms with Gasteiger partial charge >= 0.3 is 6.03 Å². The van der Waals surface area contributed by atoms with E-state index in [-0.39, 0.29) is 11.9 Å². The fraction of sp³-hybridized carbons (Fsp3) is 0.588. The first-order valence-corrected chi connectivity index (χ1v) is 7.99. The highest BCUT2D eigenvalue weighted by molar-refractivity contribution is 5.74. The molecule has 0 aromatic heterocycles. The molecule has 0 saturated carbocycles. The number of carbonyl (C=O) groups is 1. The Morgan fingerprint density at radius 2 is 2.17 bits per heavy atom. The predicted molar refractivity (Wildman–Crippen MR) is 86.4 cm³/mol. The lowest BCUT2D eigenvalue weighted by Crippen LogP contribution is -2.40. The molecule has 1 N–H and O–H groups in total. The molecule has 4 nitrogen and oxygen atoms in total. The van der Waals surface area contributed by atoms with Crippen molar-refractivity contribution in [2.24, 2.45) is 5.92 Å². The molecule has 2 atom stereocenters. The number of amides is 2. The van der Waals surface area contributed by atoms with Crippen molar-refractivity contribution in [2.45, 2.75) is 19.3 Å². The van der Waals surface area contributed by atoms with Crippen molar-refractivity contribution in [3.05, 3.63) is 35.4 Å². The maximum absolute atomic E-state index is 13.7. The summed E-state index contributed by atoms with van der Waals surface area (Å²) in [5, 5.41) is 2.85. The highest BCUT2D eigenvalue weighted by Crippen LogP contribution is 2.20. The maximum Gasteiger partial charge on any atom is 0.317 e. The smallest absolute Gasteiger partial charge is 0.317 e. The number of hydrogen-bond donors (Lipinski definition) is 1. The summed E-state index contributed by atoms with van der Waals surface area (Å²) in [6.07, 6.45) is 1.01. The van der Waals surface area contributed by atoms with Crippen LogP contribution in [-0.4, -0.2) is 56.1 Å². The minimum absolute atomic E-state index is 0.111. The van der Waals surface area contributed by atoms with E-state index in [0.717, 1.165) is 32.1 Å². The van der Waals surface area contributed by atoms with E-state index in [0.29, 0.717) is 18.0 Å². The molecule has 1 aliphatic rings. The molecule has 1 heterocycles. The zero-order chi connectivity index (χ0) is 17.0. The van der Waals surface area contributed by atoms with E-state index in [2.05, 4.69) is 10.2 Å². The zero-order valence-corrected chi connectivity index (χ0v) is 14.0. The quantitative estimate of drug-likeness (QED) is 0.903. The second-order valence-electron chi connectivity index (χ2n) is 6.62. The molecule has 23 heavy (non-hydrogen) atoms. The lowest BCUT2D eigenvalue weighted by molar-refractivity contribution is 0.205. The Morgan fingerprint density at radius 1 is 1.43 bits per heavy atom. The lowest BCUT2D eigenvalue weighted by Gasteiger charge is -2.20. The Kier molecular flexibility index (Phi) is 5.93. The molecule has 1 aromatic carbocycles. The van der Waals surface area contributed by atoms with Gasteiger partial charge in [-0.25, -0.2) is 13.6 Å². The van der Waals surface area contributed by atoms with Gasteiger partial charge in [-0.15, -0.1) is 0 Å². The van der Waals surface area contributed by atoms with Crippen LogP contribution in [0.3, 0.4) is 0 Å². The minimum Gasteiger partial charge on any atom is -0.337 e. The first-order valence-electron chi connectivity index (χ1n) is 7.99. The van der Waals surface area contributed by atoms with Crippen LogP contribution in [-0.2, 0) is 0 Å². The van der Waals surface area contributed by atoms with Crippen LogP contribution in [0, 0.1) is 17.6 Å². The van der Waals surface area contributed by atoms with Gasteiger partial charge in [0, 0.05) is 38.2 Å². The Morgan fingerprint density at radius 3 is 2.83 bits per heavy atom. The van der Waals surface area contributed by atoms with Gasteiger partial charge in [0.1, 0.15) is 11.6 Å². The van der Waals surface area contributed by atoms with Gasteiger partial charge < -0.3 is 15.1 Å². The molecule has 0 bridgehead atoms. The monoisotopic (exact) mass is 325 g/mol. The Hall–Kier alpha value is -1.69. The highest BCUT2D eigenvalue weighted by atomic mass is 19.1. The second kappa shape index (κ2) is 7.73. The summed E-state index contributed by atoms with van der Waals surface area (Å²) in [5.41, 5.74) is 0.415. The Balaban J connectivity index is 1.82. The first-order chi connectivity index (χ1) is 10.9. The predicted octanol–water partition coefficient (Wildman–Crippen LogP) is 2.66. The Bertz CT molecular complexity index is 551. The van der Waals surface area contributed by atoms with Gasteiger partial charge in [0.25, 0.3) is 0 Å². The number of benzene rings is 1. The number of nitrogens with zero attached hydrogens (tertiary/aromatic N) is 2. The van der Waals surface area contributed by atoms with E-state index in [1.54, 1.807) is 0 Å². The molecule has 0 unspecified atom stereocenters. The van der Waals surface area contributed by atoms with E-state index in [1.165, 1.54) is 12.1 Å². The first kappa shape index (κ1) is 17.7. The summed E-state index contributed by atoms with van der Waals surface area (Å²) in [6, 6.07) is 3.44. The average Bonchev–Trinajstić information content (AvgIpc) is 2.92. The Labute approximate surface area is 136 Å². The van der Waals surface area contributed by atoms with Crippen molar-refractivity contribution in [2.75, 3.05) is 40.3 Å². The van der Waals surface area contributed by atoms with Gasteiger partial charge in [-0.2, -0.15) is 0 Å². The van der Waals surface area contributed by atoms with Crippen LogP contribution in [0.5, 0.6) is 0 Å².